The highest BCUT2D eigenvalue weighted by atomic mass is 15.2. The zero-order valence-corrected chi connectivity index (χ0v) is 12.2. The fraction of sp³-hybridized carbons (Fsp3) is 0.667. The van der Waals surface area contributed by atoms with Crippen molar-refractivity contribution in [2.24, 2.45) is 5.73 Å². The lowest BCUT2D eigenvalue weighted by Crippen LogP contribution is -2.39. The number of likely N-dealkylation sites (tertiary alicyclic amines) is 1. The number of anilines is 1. The molecule has 1 aliphatic rings. The Morgan fingerprint density at radius 1 is 1.53 bits per heavy atom. The third-order valence-electron chi connectivity index (χ3n) is 4.03. The second-order valence-electron chi connectivity index (χ2n) is 5.33. The van der Waals surface area contributed by atoms with Crippen molar-refractivity contribution in [1.82, 2.24) is 9.88 Å². The van der Waals surface area contributed by atoms with Crippen LogP contribution >= 0.6 is 0 Å². The van der Waals surface area contributed by atoms with Gasteiger partial charge in [0.25, 0.3) is 0 Å². The van der Waals surface area contributed by atoms with E-state index < -0.39 is 0 Å². The van der Waals surface area contributed by atoms with E-state index in [2.05, 4.69) is 34.8 Å². The molecule has 1 aromatic rings. The van der Waals surface area contributed by atoms with E-state index in [1.54, 1.807) is 0 Å². The Morgan fingerprint density at radius 2 is 2.37 bits per heavy atom. The van der Waals surface area contributed by atoms with Gasteiger partial charge < -0.3 is 10.6 Å². The van der Waals surface area contributed by atoms with E-state index in [4.69, 9.17) is 5.73 Å². The summed E-state index contributed by atoms with van der Waals surface area (Å²) in [5, 5.41) is 0. The van der Waals surface area contributed by atoms with E-state index >= 15 is 0 Å². The van der Waals surface area contributed by atoms with Crippen LogP contribution in [0.3, 0.4) is 0 Å². The molecule has 0 spiro atoms. The van der Waals surface area contributed by atoms with Crippen molar-refractivity contribution in [3.05, 3.63) is 23.9 Å². The maximum atomic E-state index is 5.68. The van der Waals surface area contributed by atoms with Crippen LogP contribution in [0.2, 0.25) is 0 Å². The van der Waals surface area contributed by atoms with Gasteiger partial charge in [-0.1, -0.05) is 13.0 Å². The summed E-state index contributed by atoms with van der Waals surface area (Å²) in [6.07, 6.45) is 5.40. The first-order chi connectivity index (χ1) is 9.26. The molecule has 0 amide bonds. The number of likely N-dealkylation sites (N-methyl/N-ethyl adjacent to an activating group) is 2. The molecule has 19 heavy (non-hydrogen) atoms. The second-order valence-corrected chi connectivity index (χ2v) is 5.33. The molecule has 2 heterocycles. The van der Waals surface area contributed by atoms with E-state index in [9.17, 15) is 0 Å². The quantitative estimate of drug-likeness (QED) is 0.844. The topological polar surface area (TPSA) is 45.4 Å². The smallest absolute Gasteiger partial charge is 0.131 e. The summed E-state index contributed by atoms with van der Waals surface area (Å²) in [7, 11) is 2.15. The van der Waals surface area contributed by atoms with Crippen LogP contribution in [-0.2, 0) is 6.42 Å². The number of pyridine rings is 1. The molecule has 1 saturated heterocycles. The molecular formula is C15H26N4. The second kappa shape index (κ2) is 6.87. The van der Waals surface area contributed by atoms with E-state index in [0.717, 1.165) is 25.3 Å². The summed E-state index contributed by atoms with van der Waals surface area (Å²) in [6.45, 7) is 6.38. The monoisotopic (exact) mass is 262 g/mol. The third-order valence-corrected chi connectivity index (χ3v) is 4.03. The number of hydrogen-bond donors (Lipinski definition) is 1. The maximum absolute atomic E-state index is 5.68. The summed E-state index contributed by atoms with van der Waals surface area (Å²) in [6, 6.07) is 4.80. The minimum absolute atomic E-state index is 0.669. The number of nitrogens with two attached hydrogens (primary N) is 1. The molecule has 0 aromatic carbocycles. The molecule has 0 radical (unpaired) electrons. The lowest BCUT2D eigenvalue weighted by molar-refractivity contribution is 0.270. The molecule has 4 nitrogen and oxygen atoms in total. The van der Waals surface area contributed by atoms with E-state index in [-0.39, 0.29) is 0 Å². The average molecular weight is 262 g/mol. The van der Waals surface area contributed by atoms with Gasteiger partial charge in [0.05, 0.1) is 0 Å². The summed E-state index contributed by atoms with van der Waals surface area (Å²) in [5.41, 5.74) is 6.94. The van der Waals surface area contributed by atoms with Crippen molar-refractivity contribution in [3.8, 4) is 0 Å². The van der Waals surface area contributed by atoms with Gasteiger partial charge in [-0.15, -0.1) is 0 Å². The van der Waals surface area contributed by atoms with E-state index in [1.165, 1.54) is 24.9 Å². The van der Waals surface area contributed by atoms with Crippen molar-refractivity contribution in [3.63, 3.8) is 0 Å². The van der Waals surface area contributed by atoms with Crippen LogP contribution in [0.1, 0.15) is 25.3 Å². The summed E-state index contributed by atoms with van der Waals surface area (Å²) < 4.78 is 0. The third kappa shape index (κ3) is 3.45. The van der Waals surface area contributed by atoms with Crippen LogP contribution < -0.4 is 10.6 Å². The molecule has 0 aliphatic carbocycles. The van der Waals surface area contributed by atoms with Gasteiger partial charge in [-0.25, -0.2) is 4.98 Å². The van der Waals surface area contributed by atoms with Gasteiger partial charge >= 0.3 is 0 Å². The Kier molecular flexibility index (Phi) is 5.16. The van der Waals surface area contributed by atoms with Gasteiger partial charge in [0.15, 0.2) is 0 Å². The van der Waals surface area contributed by atoms with Crippen molar-refractivity contribution >= 4 is 5.82 Å². The van der Waals surface area contributed by atoms with Gasteiger partial charge in [-0.05, 0) is 50.5 Å². The lowest BCUT2D eigenvalue weighted by atomic mass is 10.1. The minimum Gasteiger partial charge on any atom is -0.358 e. The Labute approximate surface area is 116 Å². The normalized spacial score (nSPS) is 19.8. The molecule has 2 N–H and O–H groups in total. The zero-order chi connectivity index (χ0) is 13.7. The van der Waals surface area contributed by atoms with Crippen molar-refractivity contribution in [1.29, 1.82) is 0 Å². The highest BCUT2D eigenvalue weighted by Crippen LogP contribution is 2.21. The van der Waals surface area contributed by atoms with E-state index in [1.807, 2.05) is 12.3 Å². The first kappa shape index (κ1) is 14.3. The highest BCUT2D eigenvalue weighted by molar-refractivity contribution is 5.46. The van der Waals surface area contributed by atoms with Gasteiger partial charge in [-0.3, -0.25) is 4.90 Å². The van der Waals surface area contributed by atoms with Crippen LogP contribution in [-0.4, -0.2) is 49.2 Å². The van der Waals surface area contributed by atoms with Gasteiger partial charge in [0, 0.05) is 25.8 Å². The molecule has 1 aliphatic heterocycles. The Bertz CT molecular complexity index is 393. The molecule has 0 saturated carbocycles. The predicted octanol–water partition coefficient (Wildman–Crippen LogP) is 1.50. The van der Waals surface area contributed by atoms with Gasteiger partial charge in [-0.2, -0.15) is 0 Å². The minimum atomic E-state index is 0.669. The predicted molar refractivity (Wildman–Crippen MR) is 80.5 cm³/mol. The molecule has 1 aromatic heterocycles. The standard InChI is InChI=1S/C15H26N4/c1-3-19-11-5-7-14(19)12-18(2)15-13(8-9-16)6-4-10-17-15/h4,6,10,14H,3,5,7-9,11-12,16H2,1-2H3. The largest absolute Gasteiger partial charge is 0.358 e. The molecule has 1 unspecified atom stereocenters. The maximum Gasteiger partial charge on any atom is 0.131 e. The Hall–Kier alpha value is -1.13. The lowest BCUT2D eigenvalue weighted by Gasteiger charge is -2.29. The fourth-order valence-electron chi connectivity index (χ4n) is 3.05. The average Bonchev–Trinajstić information content (AvgIpc) is 2.87. The molecule has 2 rings (SSSR count). The fourth-order valence-corrected chi connectivity index (χ4v) is 3.05. The SMILES string of the molecule is CCN1CCCC1CN(C)c1ncccc1CCN. The van der Waals surface area contributed by atoms with Crippen LogP contribution in [0, 0.1) is 0 Å². The van der Waals surface area contributed by atoms with Crippen LogP contribution in [0.15, 0.2) is 18.3 Å². The molecule has 0 bridgehead atoms. The first-order valence-corrected chi connectivity index (χ1v) is 7.35. The number of aromatic nitrogens is 1. The molecule has 1 fully saturated rings. The van der Waals surface area contributed by atoms with Gasteiger partial charge in [0.1, 0.15) is 5.82 Å². The summed E-state index contributed by atoms with van der Waals surface area (Å²) in [4.78, 5) is 9.41. The van der Waals surface area contributed by atoms with E-state index in [0.29, 0.717) is 12.6 Å². The Balaban J connectivity index is 2.05. The van der Waals surface area contributed by atoms with Crippen LogP contribution in [0.25, 0.3) is 0 Å². The van der Waals surface area contributed by atoms with Crippen LogP contribution in [0.4, 0.5) is 5.82 Å². The molecular weight excluding hydrogens is 236 g/mol. The highest BCUT2D eigenvalue weighted by Gasteiger charge is 2.24. The van der Waals surface area contributed by atoms with Crippen molar-refractivity contribution in [2.75, 3.05) is 38.1 Å². The molecule has 4 heteroatoms. The number of nitrogens with zero attached hydrogens (tertiary/aromatic N) is 3. The molecule has 1 atom stereocenters. The van der Waals surface area contributed by atoms with Crippen LogP contribution in [0.5, 0.6) is 0 Å². The summed E-state index contributed by atoms with van der Waals surface area (Å²) >= 11 is 0. The van der Waals surface area contributed by atoms with Gasteiger partial charge in [0.2, 0.25) is 0 Å². The Morgan fingerprint density at radius 3 is 3.11 bits per heavy atom. The number of hydrogen-bond acceptors (Lipinski definition) is 4. The number of rotatable bonds is 6. The zero-order valence-electron chi connectivity index (χ0n) is 12.2. The first-order valence-electron chi connectivity index (χ1n) is 7.35. The molecule has 106 valence electrons. The summed E-state index contributed by atoms with van der Waals surface area (Å²) in [5.74, 6) is 1.09. The van der Waals surface area contributed by atoms with Crippen molar-refractivity contribution < 1.29 is 0 Å². The van der Waals surface area contributed by atoms with Crippen molar-refractivity contribution in [2.45, 2.75) is 32.2 Å².